The molecule has 6 heteroatoms. The lowest BCUT2D eigenvalue weighted by Crippen LogP contribution is -2.30. The van der Waals surface area contributed by atoms with Crippen LogP contribution in [0.4, 0.5) is 46.0 Å². The van der Waals surface area contributed by atoms with Crippen LogP contribution in [0.25, 0.3) is 11.1 Å². The van der Waals surface area contributed by atoms with E-state index in [9.17, 15) is 17.6 Å². The Labute approximate surface area is 326 Å². The molecule has 2 atom stereocenters. The van der Waals surface area contributed by atoms with E-state index in [1.807, 2.05) is 4.90 Å². The monoisotopic (exact) mass is 746 g/mol. The van der Waals surface area contributed by atoms with Crippen molar-refractivity contribution in [3.05, 3.63) is 196 Å². The van der Waals surface area contributed by atoms with Gasteiger partial charge in [-0.3, -0.25) is 0 Å². The first-order valence-electron chi connectivity index (χ1n) is 19.1. The van der Waals surface area contributed by atoms with Crippen LogP contribution >= 0.6 is 0 Å². The number of benzene rings is 6. The second-order valence-corrected chi connectivity index (χ2v) is 16.4. The van der Waals surface area contributed by atoms with E-state index in [1.54, 1.807) is 48.5 Å². The highest BCUT2D eigenvalue weighted by molar-refractivity contribution is 5.90. The first-order chi connectivity index (χ1) is 26.8. The van der Waals surface area contributed by atoms with Crippen molar-refractivity contribution in [1.29, 1.82) is 0 Å². The van der Waals surface area contributed by atoms with Crippen molar-refractivity contribution >= 4 is 28.4 Å². The maximum Gasteiger partial charge on any atom is 0.123 e. The molecule has 2 unspecified atom stereocenters. The summed E-state index contributed by atoms with van der Waals surface area (Å²) in [5, 5.41) is 0. The van der Waals surface area contributed by atoms with Gasteiger partial charge in [0.15, 0.2) is 0 Å². The average Bonchev–Trinajstić information content (AvgIpc) is 3.56. The Morgan fingerprint density at radius 3 is 1.45 bits per heavy atom. The fourth-order valence-corrected chi connectivity index (χ4v) is 9.78. The van der Waals surface area contributed by atoms with Crippen molar-refractivity contribution in [1.82, 2.24) is 0 Å². The van der Waals surface area contributed by atoms with Gasteiger partial charge in [-0.05, 0) is 185 Å². The number of allylic oxidation sites excluding steroid dienone is 3. The second-order valence-electron chi connectivity index (χ2n) is 16.4. The number of hydrogen-bond acceptors (Lipinski definition) is 2. The van der Waals surface area contributed by atoms with E-state index in [0.717, 1.165) is 34.1 Å². The van der Waals surface area contributed by atoms with Gasteiger partial charge < -0.3 is 9.80 Å². The molecule has 0 fully saturated rings. The minimum Gasteiger partial charge on any atom is -0.311 e. The maximum absolute atomic E-state index is 14.1. The Hall–Kier alpha value is -5.88. The zero-order valence-electron chi connectivity index (χ0n) is 32.3. The van der Waals surface area contributed by atoms with E-state index in [1.165, 1.54) is 93.0 Å². The molecule has 0 amide bonds. The zero-order chi connectivity index (χ0) is 39.3. The number of rotatable bonds is 6. The fraction of sp³-hybridized carbons (Fsp3) is 0.200. The Bertz CT molecular complexity index is 2490. The van der Waals surface area contributed by atoms with Crippen LogP contribution in [-0.4, -0.2) is 0 Å². The van der Waals surface area contributed by atoms with Crippen LogP contribution < -0.4 is 9.80 Å². The quantitative estimate of drug-likeness (QED) is 0.157. The average molecular weight is 747 g/mol. The van der Waals surface area contributed by atoms with Crippen LogP contribution in [0.2, 0.25) is 0 Å². The van der Waals surface area contributed by atoms with Crippen molar-refractivity contribution in [2.45, 2.75) is 58.3 Å². The van der Waals surface area contributed by atoms with Crippen LogP contribution in [-0.2, 0) is 10.8 Å². The third-order valence-corrected chi connectivity index (χ3v) is 12.6. The van der Waals surface area contributed by atoms with E-state index in [2.05, 4.69) is 82.9 Å². The first kappa shape index (κ1) is 35.8. The Balaban J connectivity index is 1.18. The number of halogens is 4. The molecule has 0 spiro atoms. The summed E-state index contributed by atoms with van der Waals surface area (Å²) in [7, 11) is 0. The van der Waals surface area contributed by atoms with Gasteiger partial charge in [0.25, 0.3) is 0 Å². The highest BCUT2D eigenvalue weighted by atomic mass is 19.1. The number of anilines is 5. The SMILES string of the molecule is Cc1c(C)c2c(c3c1-c1ccc(N(c4ccc(F)cc4)c4ccc(F)cc4)cc1C3(C)C)C(C)(C)C1C=C(N(c3ccc(F)cc3)c3ccc(F)cc3)C=CC21. The van der Waals surface area contributed by atoms with E-state index >= 15 is 0 Å². The summed E-state index contributed by atoms with van der Waals surface area (Å²) in [4.78, 5) is 4.12. The Morgan fingerprint density at radius 1 is 0.518 bits per heavy atom. The molecule has 280 valence electrons. The zero-order valence-corrected chi connectivity index (χ0v) is 32.3. The predicted octanol–water partition coefficient (Wildman–Crippen LogP) is 13.9. The molecule has 0 aromatic heterocycles. The van der Waals surface area contributed by atoms with Crippen molar-refractivity contribution in [2.75, 3.05) is 9.80 Å². The molecule has 9 rings (SSSR count). The molecular weight excluding hydrogens is 705 g/mol. The summed E-state index contributed by atoms with van der Waals surface area (Å²) in [6, 6.07) is 32.2. The summed E-state index contributed by atoms with van der Waals surface area (Å²) < 4.78 is 56.5. The van der Waals surface area contributed by atoms with Gasteiger partial charge in [0.1, 0.15) is 23.3 Å². The third kappa shape index (κ3) is 5.44. The summed E-state index contributed by atoms with van der Waals surface area (Å²) in [6.07, 6.45) is 6.84. The summed E-state index contributed by atoms with van der Waals surface area (Å²) in [5.41, 5.74) is 14.6. The molecule has 3 aliphatic rings. The highest BCUT2D eigenvalue weighted by Gasteiger charge is 2.52. The number of nitrogens with zero attached hydrogens (tertiary/aromatic N) is 2. The molecule has 0 saturated carbocycles. The third-order valence-electron chi connectivity index (χ3n) is 12.6. The molecule has 0 N–H and O–H groups in total. The molecular formula is C50H42F4N2. The van der Waals surface area contributed by atoms with E-state index in [4.69, 9.17) is 0 Å². The second kappa shape index (κ2) is 12.8. The van der Waals surface area contributed by atoms with Gasteiger partial charge in [-0.1, -0.05) is 45.9 Å². The smallest absolute Gasteiger partial charge is 0.123 e. The summed E-state index contributed by atoms with van der Waals surface area (Å²) >= 11 is 0. The topological polar surface area (TPSA) is 6.48 Å². The highest BCUT2D eigenvalue weighted by Crippen LogP contribution is 2.63. The van der Waals surface area contributed by atoms with Gasteiger partial charge in [-0.25, -0.2) is 17.6 Å². The molecule has 0 bridgehead atoms. The van der Waals surface area contributed by atoms with Crippen molar-refractivity contribution < 1.29 is 17.6 Å². The van der Waals surface area contributed by atoms with Gasteiger partial charge in [0, 0.05) is 45.5 Å². The molecule has 6 aromatic carbocycles. The molecule has 2 nitrogen and oxygen atoms in total. The van der Waals surface area contributed by atoms with Gasteiger partial charge in [-0.2, -0.15) is 0 Å². The van der Waals surface area contributed by atoms with Crippen LogP contribution in [0.3, 0.4) is 0 Å². The fourth-order valence-electron chi connectivity index (χ4n) is 9.78. The lowest BCUT2D eigenvalue weighted by molar-refractivity contribution is 0.387. The van der Waals surface area contributed by atoms with Crippen LogP contribution in [0, 0.1) is 43.0 Å². The minimum absolute atomic E-state index is 0.105. The molecule has 0 aliphatic heterocycles. The van der Waals surface area contributed by atoms with Gasteiger partial charge in [-0.15, -0.1) is 0 Å². The van der Waals surface area contributed by atoms with E-state index in [-0.39, 0.29) is 45.9 Å². The maximum atomic E-state index is 14.1. The van der Waals surface area contributed by atoms with Gasteiger partial charge in [0.2, 0.25) is 0 Å². The van der Waals surface area contributed by atoms with Crippen LogP contribution in [0.5, 0.6) is 0 Å². The normalized spacial score (nSPS) is 18.1. The Kier molecular flexibility index (Phi) is 8.21. The summed E-state index contributed by atoms with van der Waals surface area (Å²) in [6.45, 7) is 13.8. The molecule has 56 heavy (non-hydrogen) atoms. The first-order valence-corrected chi connectivity index (χ1v) is 19.1. The Morgan fingerprint density at radius 2 is 0.964 bits per heavy atom. The standard InChI is InChI=1S/C50H42F4N2/c1-29-30(2)46-42-26-24-40(56(37-19-11-33(53)12-20-37)38-21-13-34(54)14-22-38)28-44(42)50(5,6)48(46)47-45(29)41-25-23-39(27-43(41)49(47,3)4)55(35-15-7-31(51)8-16-35)36-17-9-32(52)10-18-36/h7-28,41,43H,1-6H3. The molecule has 6 aromatic rings. The number of fused-ring (bicyclic) bond motifs is 7. The summed E-state index contributed by atoms with van der Waals surface area (Å²) in [5.74, 6) is -1.04. The number of hydrogen-bond donors (Lipinski definition) is 0. The van der Waals surface area contributed by atoms with Crippen molar-refractivity contribution in [3.63, 3.8) is 0 Å². The van der Waals surface area contributed by atoms with E-state index < -0.39 is 0 Å². The van der Waals surface area contributed by atoms with Crippen molar-refractivity contribution in [3.8, 4) is 11.1 Å². The van der Waals surface area contributed by atoms with Crippen LogP contribution in [0.15, 0.2) is 139 Å². The van der Waals surface area contributed by atoms with Gasteiger partial charge >= 0.3 is 0 Å². The predicted molar refractivity (Wildman–Crippen MR) is 219 cm³/mol. The molecule has 0 radical (unpaired) electrons. The largest absolute Gasteiger partial charge is 0.311 e. The molecule has 3 aliphatic carbocycles. The molecule has 0 heterocycles. The lowest BCUT2D eigenvalue weighted by Gasteiger charge is -2.36. The molecule has 0 saturated heterocycles. The minimum atomic E-state index is -0.379. The van der Waals surface area contributed by atoms with Crippen LogP contribution in [0.1, 0.15) is 67.0 Å². The van der Waals surface area contributed by atoms with E-state index in [0.29, 0.717) is 0 Å². The lowest BCUT2D eigenvalue weighted by atomic mass is 9.69. The van der Waals surface area contributed by atoms with Crippen molar-refractivity contribution in [2.24, 2.45) is 5.92 Å². The van der Waals surface area contributed by atoms with Gasteiger partial charge in [0.05, 0.1) is 0 Å².